The molecule has 2 N–H and O–H groups in total. The van der Waals surface area contributed by atoms with Crippen LogP contribution in [0.2, 0.25) is 0 Å². The third-order valence-electron chi connectivity index (χ3n) is 4.19. The average Bonchev–Trinajstić information content (AvgIpc) is 2.48. The Kier molecular flexibility index (Phi) is 5.80. The van der Waals surface area contributed by atoms with Gasteiger partial charge in [-0.25, -0.2) is 4.39 Å². The second kappa shape index (κ2) is 7.60. The lowest BCUT2D eigenvalue weighted by atomic mass is 9.80. The van der Waals surface area contributed by atoms with Crippen LogP contribution in [0.1, 0.15) is 31.2 Å². The molecular formula is C16H24FNO2. The molecule has 2 atom stereocenters. The van der Waals surface area contributed by atoms with Crippen LogP contribution in [0.5, 0.6) is 5.75 Å². The van der Waals surface area contributed by atoms with Crippen molar-refractivity contribution in [1.82, 2.24) is 0 Å². The maximum Gasteiger partial charge on any atom is 0.165 e. The van der Waals surface area contributed by atoms with Gasteiger partial charge in [0.05, 0.1) is 20.3 Å². The number of ether oxygens (including phenoxy) is 2. The van der Waals surface area contributed by atoms with E-state index in [4.69, 9.17) is 15.2 Å². The summed E-state index contributed by atoms with van der Waals surface area (Å²) in [6, 6.07) is 4.95. The maximum atomic E-state index is 13.6. The molecule has 0 saturated heterocycles. The molecule has 1 aromatic rings. The molecule has 112 valence electrons. The summed E-state index contributed by atoms with van der Waals surface area (Å²) in [6.07, 6.45) is 4.95. The molecule has 0 aromatic heterocycles. The third kappa shape index (κ3) is 3.93. The lowest BCUT2D eigenvalue weighted by molar-refractivity contribution is 0.0511. The van der Waals surface area contributed by atoms with Gasteiger partial charge in [0, 0.05) is 0 Å². The van der Waals surface area contributed by atoms with Crippen molar-refractivity contribution in [3.63, 3.8) is 0 Å². The monoisotopic (exact) mass is 281 g/mol. The van der Waals surface area contributed by atoms with E-state index in [-0.39, 0.29) is 11.6 Å². The zero-order chi connectivity index (χ0) is 14.4. The molecule has 0 amide bonds. The van der Waals surface area contributed by atoms with Crippen LogP contribution >= 0.6 is 0 Å². The number of rotatable bonds is 6. The van der Waals surface area contributed by atoms with E-state index < -0.39 is 0 Å². The molecular weight excluding hydrogens is 257 g/mol. The first-order valence-corrected chi connectivity index (χ1v) is 7.34. The van der Waals surface area contributed by atoms with Gasteiger partial charge in [0.25, 0.3) is 0 Å². The summed E-state index contributed by atoms with van der Waals surface area (Å²) in [7, 11) is 1.46. The van der Waals surface area contributed by atoms with Crippen LogP contribution in [0, 0.1) is 17.7 Å². The van der Waals surface area contributed by atoms with Gasteiger partial charge in [-0.05, 0) is 48.9 Å². The van der Waals surface area contributed by atoms with Crippen LogP contribution in [0.25, 0.3) is 0 Å². The summed E-state index contributed by atoms with van der Waals surface area (Å²) in [5, 5.41) is 0. The van der Waals surface area contributed by atoms with Crippen LogP contribution in [-0.4, -0.2) is 20.3 Å². The van der Waals surface area contributed by atoms with Crippen molar-refractivity contribution in [2.75, 3.05) is 20.3 Å². The van der Waals surface area contributed by atoms with Gasteiger partial charge in [0.2, 0.25) is 0 Å². The second-order valence-corrected chi connectivity index (χ2v) is 5.52. The van der Waals surface area contributed by atoms with Crippen molar-refractivity contribution in [1.29, 1.82) is 0 Å². The minimum absolute atomic E-state index is 0.268. The van der Waals surface area contributed by atoms with Crippen LogP contribution in [-0.2, 0) is 11.3 Å². The summed E-state index contributed by atoms with van der Waals surface area (Å²) >= 11 is 0. The van der Waals surface area contributed by atoms with E-state index in [0.717, 1.165) is 18.7 Å². The van der Waals surface area contributed by atoms with Gasteiger partial charge in [-0.3, -0.25) is 0 Å². The van der Waals surface area contributed by atoms with Crippen molar-refractivity contribution in [3.05, 3.63) is 29.6 Å². The van der Waals surface area contributed by atoms with Gasteiger partial charge in [0.15, 0.2) is 11.6 Å². The van der Waals surface area contributed by atoms with E-state index in [0.29, 0.717) is 18.4 Å². The Labute approximate surface area is 120 Å². The quantitative estimate of drug-likeness (QED) is 0.871. The SMILES string of the molecule is COc1ccc(COCC2CCCCC2CN)cc1F. The fraction of sp³-hybridized carbons (Fsp3) is 0.625. The Balaban J connectivity index is 1.81. The summed E-state index contributed by atoms with van der Waals surface area (Å²) in [5.74, 6) is 1.06. The molecule has 0 bridgehead atoms. The normalized spacial score (nSPS) is 22.8. The fourth-order valence-electron chi connectivity index (χ4n) is 2.94. The Morgan fingerprint density at radius 1 is 1.25 bits per heavy atom. The van der Waals surface area contributed by atoms with Gasteiger partial charge >= 0.3 is 0 Å². The zero-order valence-electron chi connectivity index (χ0n) is 12.1. The Hall–Kier alpha value is -1.13. The van der Waals surface area contributed by atoms with E-state index in [1.807, 2.05) is 6.07 Å². The fourth-order valence-corrected chi connectivity index (χ4v) is 2.94. The molecule has 4 heteroatoms. The molecule has 0 aliphatic heterocycles. The van der Waals surface area contributed by atoms with E-state index in [1.54, 1.807) is 6.07 Å². The molecule has 20 heavy (non-hydrogen) atoms. The highest BCUT2D eigenvalue weighted by Crippen LogP contribution is 2.29. The molecule has 1 aromatic carbocycles. The minimum atomic E-state index is -0.342. The Morgan fingerprint density at radius 3 is 2.65 bits per heavy atom. The summed E-state index contributed by atoms with van der Waals surface area (Å²) in [4.78, 5) is 0. The second-order valence-electron chi connectivity index (χ2n) is 5.52. The number of nitrogens with two attached hydrogens (primary N) is 1. The van der Waals surface area contributed by atoms with Gasteiger partial charge in [-0.1, -0.05) is 18.9 Å². The topological polar surface area (TPSA) is 44.5 Å². The molecule has 1 saturated carbocycles. The molecule has 3 nitrogen and oxygen atoms in total. The molecule has 0 spiro atoms. The first-order chi connectivity index (χ1) is 9.74. The molecule has 2 rings (SSSR count). The van der Waals surface area contributed by atoms with E-state index in [1.165, 1.54) is 38.9 Å². The number of hydrogen-bond acceptors (Lipinski definition) is 3. The van der Waals surface area contributed by atoms with Crippen LogP contribution in [0.15, 0.2) is 18.2 Å². The molecule has 0 heterocycles. The summed E-state index contributed by atoms with van der Waals surface area (Å²) < 4.78 is 24.2. The van der Waals surface area contributed by atoms with Crippen LogP contribution in [0.4, 0.5) is 4.39 Å². The summed E-state index contributed by atoms with van der Waals surface area (Å²) in [5.41, 5.74) is 6.65. The highest BCUT2D eigenvalue weighted by atomic mass is 19.1. The highest BCUT2D eigenvalue weighted by molar-refractivity contribution is 5.28. The highest BCUT2D eigenvalue weighted by Gasteiger charge is 2.23. The van der Waals surface area contributed by atoms with Crippen molar-refractivity contribution >= 4 is 0 Å². The first kappa shape index (κ1) is 15.3. The molecule has 1 fully saturated rings. The Bertz CT molecular complexity index is 425. The lowest BCUT2D eigenvalue weighted by Gasteiger charge is -2.30. The van der Waals surface area contributed by atoms with Crippen molar-refractivity contribution < 1.29 is 13.9 Å². The third-order valence-corrected chi connectivity index (χ3v) is 4.19. The van der Waals surface area contributed by atoms with Crippen LogP contribution < -0.4 is 10.5 Å². The van der Waals surface area contributed by atoms with Gasteiger partial charge < -0.3 is 15.2 Å². The molecule has 0 radical (unpaired) electrons. The van der Waals surface area contributed by atoms with E-state index >= 15 is 0 Å². The number of methoxy groups -OCH3 is 1. The lowest BCUT2D eigenvalue weighted by Crippen LogP contribution is -2.29. The molecule has 1 aliphatic carbocycles. The minimum Gasteiger partial charge on any atom is -0.494 e. The maximum absolute atomic E-state index is 13.6. The Morgan fingerprint density at radius 2 is 2.00 bits per heavy atom. The average molecular weight is 281 g/mol. The smallest absolute Gasteiger partial charge is 0.165 e. The zero-order valence-corrected chi connectivity index (χ0v) is 12.1. The van der Waals surface area contributed by atoms with Crippen molar-refractivity contribution in [3.8, 4) is 5.75 Å². The van der Waals surface area contributed by atoms with Gasteiger partial charge in [0.1, 0.15) is 0 Å². The van der Waals surface area contributed by atoms with Gasteiger partial charge in [-0.15, -0.1) is 0 Å². The van der Waals surface area contributed by atoms with Crippen molar-refractivity contribution in [2.24, 2.45) is 17.6 Å². The van der Waals surface area contributed by atoms with Crippen LogP contribution in [0.3, 0.4) is 0 Å². The number of hydrogen-bond donors (Lipinski definition) is 1. The largest absolute Gasteiger partial charge is 0.494 e. The van der Waals surface area contributed by atoms with E-state index in [2.05, 4.69) is 0 Å². The first-order valence-electron chi connectivity index (χ1n) is 7.34. The predicted molar refractivity (Wildman–Crippen MR) is 77.1 cm³/mol. The molecule has 1 aliphatic rings. The molecule has 2 unspecified atom stereocenters. The predicted octanol–water partition coefficient (Wildman–Crippen LogP) is 3.12. The van der Waals surface area contributed by atoms with E-state index in [9.17, 15) is 4.39 Å². The van der Waals surface area contributed by atoms with Gasteiger partial charge in [-0.2, -0.15) is 0 Å². The number of halogens is 1. The van der Waals surface area contributed by atoms with Crippen molar-refractivity contribution in [2.45, 2.75) is 32.3 Å². The summed E-state index contributed by atoms with van der Waals surface area (Å²) in [6.45, 7) is 1.90. The number of benzene rings is 1. The standard InChI is InChI=1S/C16H24FNO2/c1-19-16-7-6-12(8-15(16)17)10-20-11-14-5-3-2-4-13(14)9-18/h6-8,13-14H,2-5,9-11,18H2,1H3.